The van der Waals surface area contributed by atoms with Crippen molar-refractivity contribution in [1.29, 1.82) is 0 Å². The molecular formula is C17H27ClN4O4S. The summed E-state index contributed by atoms with van der Waals surface area (Å²) in [6.45, 7) is 6.57. The Balaban J connectivity index is 0.00000261. The Morgan fingerprint density at radius 2 is 1.89 bits per heavy atom. The lowest BCUT2D eigenvalue weighted by molar-refractivity contribution is -0.118. The largest absolute Gasteiger partial charge is 0.379 e. The summed E-state index contributed by atoms with van der Waals surface area (Å²) in [5.74, 6) is -0.0949. The molecule has 2 heterocycles. The van der Waals surface area contributed by atoms with Gasteiger partial charge in [-0.3, -0.25) is 9.69 Å². The number of benzene rings is 1. The molecule has 152 valence electrons. The molecule has 0 radical (unpaired) electrons. The zero-order valence-corrected chi connectivity index (χ0v) is 17.0. The molecule has 3 rings (SSSR count). The lowest BCUT2D eigenvalue weighted by Crippen LogP contribution is -2.51. The SMILES string of the molecule is C[C@H]1CNCCN1CC(=O)Nc1ccc(S(=O)(=O)N2CCOCC2)cc1.Cl. The summed E-state index contributed by atoms with van der Waals surface area (Å²) in [4.78, 5) is 14.6. The van der Waals surface area contributed by atoms with Crippen molar-refractivity contribution in [2.24, 2.45) is 0 Å². The fourth-order valence-electron chi connectivity index (χ4n) is 3.15. The van der Waals surface area contributed by atoms with Crippen LogP contribution in [0.4, 0.5) is 5.69 Å². The fraction of sp³-hybridized carbons (Fsp3) is 0.588. The van der Waals surface area contributed by atoms with E-state index >= 15 is 0 Å². The zero-order valence-electron chi connectivity index (χ0n) is 15.4. The third-order valence-corrected chi connectivity index (χ3v) is 6.64. The predicted molar refractivity (Wildman–Crippen MR) is 106 cm³/mol. The average molecular weight is 419 g/mol. The topological polar surface area (TPSA) is 91.0 Å². The Morgan fingerprint density at radius 1 is 1.22 bits per heavy atom. The van der Waals surface area contributed by atoms with Crippen LogP contribution in [0, 0.1) is 0 Å². The molecule has 2 aliphatic rings. The molecule has 0 spiro atoms. The molecule has 8 nitrogen and oxygen atoms in total. The van der Waals surface area contributed by atoms with Crippen LogP contribution in [-0.2, 0) is 19.6 Å². The highest BCUT2D eigenvalue weighted by Gasteiger charge is 2.26. The number of rotatable bonds is 5. The standard InChI is InChI=1S/C17H26N4O4S.ClH/c1-14-12-18-6-7-20(14)13-17(22)19-15-2-4-16(5-3-15)26(23,24)21-8-10-25-11-9-21;/h2-5,14,18H,6-13H2,1H3,(H,19,22);1H/t14-;/m0./s1. The normalized spacial score (nSPS) is 22.0. The Kier molecular flexibility index (Phi) is 8.02. The maximum absolute atomic E-state index is 12.6. The number of amides is 1. The molecule has 1 atom stereocenters. The number of sulfonamides is 1. The van der Waals surface area contributed by atoms with Gasteiger partial charge in [0.1, 0.15) is 0 Å². The first-order valence-corrected chi connectivity index (χ1v) is 10.3. The van der Waals surface area contributed by atoms with Gasteiger partial charge in [0.2, 0.25) is 15.9 Å². The summed E-state index contributed by atoms with van der Waals surface area (Å²) in [5, 5.41) is 6.13. The number of anilines is 1. The van der Waals surface area contributed by atoms with Crippen molar-refractivity contribution < 1.29 is 17.9 Å². The first kappa shape index (κ1) is 22.1. The molecule has 27 heavy (non-hydrogen) atoms. The quantitative estimate of drug-likeness (QED) is 0.717. The summed E-state index contributed by atoms with van der Waals surface area (Å²) in [6, 6.07) is 6.65. The van der Waals surface area contributed by atoms with Gasteiger partial charge in [-0.2, -0.15) is 4.31 Å². The van der Waals surface area contributed by atoms with E-state index in [-0.39, 0.29) is 23.2 Å². The lowest BCUT2D eigenvalue weighted by Gasteiger charge is -2.33. The van der Waals surface area contributed by atoms with Crippen molar-refractivity contribution in [2.45, 2.75) is 17.9 Å². The number of ether oxygens (including phenoxy) is 1. The van der Waals surface area contributed by atoms with Crippen LogP contribution in [0.25, 0.3) is 0 Å². The number of piperazine rings is 1. The van der Waals surface area contributed by atoms with Gasteiger partial charge in [-0.15, -0.1) is 12.4 Å². The van der Waals surface area contributed by atoms with Gasteiger partial charge in [0, 0.05) is 44.5 Å². The first-order valence-electron chi connectivity index (χ1n) is 8.89. The third kappa shape index (κ3) is 5.63. The molecule has 1 aromatic rings. The molecule has 0 bridgehead atoms. The van der Waals surface area contributed by atoms with E-state index in [1.54, 1.807) is 12.1 Å². The highest BCUT2D eigenvalue weighted by molar-refractivity contribution is 7.89. The number of halogens is 1. The van der Waals surface area contributed by atoms with Crippen LogP contribution >= 0.6 is 12.4 Å². The van der Waals surface area contributed by atoms with E-state index < -0.39 is 10.0 Å². The van der Waals surface area contributed by atoms with Gasteiger partial charge in [-0.1, -0.05) is 0 Å². The smallest absolute Gasteiger partial charge is 0.243 e. The Morgan fingerprint density at radius 3 is 2.52 bits per heavy atom. The number of hydrogen-bond donors (Lipinski definition) is 2. The molecule has 2 fully saturated rings. The highest BCUT2D eigenvalue weighted by atomic mass is 35.5. The van der Waals surface area contributed by atoms with Gasteiger partial charge in [-0.25, -0.2) is 8.42 Å². The third-order valence-electron chi connectivity index (χ3n) is 4.73. The molecule has 1 amide bonds. The Hall–Kier alpha value is -1.23. The van der Waals surface area contributed by atoms with Gasteiger partial charge in [0.15, 0.2) is 0 Å². The number of morpholine rings is 1. The summed E-state index contributed by atoms with van der Waals surface area (Å²) in [7, 11) is -3.51. The molecular weight excluding hydrogens is 392 g/mol. The first-order chi connectivity index (χ1) is 12.5. The molecule has 2 aliphatic heterocycles. The maximum Gasteiger partial charge on any atom is 0.243 e. The molecule has 0 aromatic heterocycles. The molecule has 0 aliphatic carbocycles. The minimum atomic E-state index is -3.51. The number of nitrogens with one attached hydrogen (secondary N) is 2. The second kappa shape index (κ2) is 9.81. The van der Waals surface area contributed by atoms with Crippen LogP contribution in [0.5, 0.6) is 0 Å². The van der Waals surface area contributed by atoms with Crippen molar-refractivity contribution in [3.8, 4) is 0 Å². The Bertz CT molecular complexity index is 723. The molecule has 2 saturated heterocycles. The van der Waals surface area contributed by atoms with E-state index in [1.807, 2.05) is 0 Å². The van der Waals surface area contributed by atoms with Crippen molar-refractivity contribution in [2.75, 3.05) is 57.8 Å². The van der Waals surface area contributed by atoms with E-state index in [1.165, 1.54) is 16.4 Å². The number of carbonyl (C=O) groups excluding carboxylic acids is 1. The molecule has 1 aromatic carbocycles. The molecule has 0 unspecified atom stereocenters. The van der Waals surface area contributed by atoms with Gasteiger partial charge in [0.05, 0.1) is 24.7 Å². The van der Waals surface area contributed by atoms with Crippen LogP contribution in [-0.4, -0.2) is 82.1 Å². The molecule has 0 saturated carbocycles. The summed E-state index contributed by atoms with van der Waals surface area (Å²) < 4.78 is 31.8. The van der Waals surface area contributed by atoms with E-state index in [0.29, 0.717) is 44.6 Å². The lowest BCUT2D eigenvalue weighted by atomic mass is 10.2. The predicted octanol–water partition coefficient (Wildman–Crippen LogP) is 0.362. The van der Waals surface area contributed by atoms with Crippen LogP contribution in [0.2, 0.25) is 0 Å². The van der Waals surface area contributed by atoms with E-state index in [9.17, 15) is 13.2 Å². The highest BCUT2D eigenvalue weighted by Crippen LogP contribution is 2.19. The second-order valence-electron chi connectivity index (χ2n) is 6.61. The van der Waals surface area contributed by atoms with E-state index in [2.05, 4.69) is 22.5 Å². The van der Waals surface area contributed by atoms with Crippen LogP contribution < -0.4 is 10.6 Å². The molecule has 10 heteroatoms. The van der Waals surface area contributed by atoms with Crippen LogP contribution in [0.15, 0.2) is 29.2 Å². The van der Waals surface area contributed by atoms with Gasteiger partial charge >= 0.3 is 0 Å². The van der Waals surface area contributed by atoms with E-state index in [4.69, 9.17) is 4.74 Å². The molecule has 2 N–H and O–H groups in total. The summed E-state index contributed by atoms with van der Waals surface area (Å²) in [5.41, 5.74) is 0.596. The minimum absolute atomic E-state index is 0. The van der Waals surface area contributed by atoms with Gasteiger partial charge < -0.3 is 15.4 Å². The summed E-state index contributed by atoms with van der Waals surface area (Å²) in [6.07, 6.45) is 0. The maximum atomic E-state index is 12.6. The van der Waals surface area contributed by atoms with Gasteiger partial charge in [-0.05, 0) is 31.2 Å². The average Bonchev–Trinajstić information content (AvgIpc) is 2.65. The monoisotopic (exact) mass is 418 g/mol. The zero-order chi connectivity index (χ0) is 18.6. The Labute approximate surface area is 166 Å². The second-order valence-corrected chi connectivity index (χ2v) is 8.55. The van der Waals surface area contributed by atoms with Gasteiger partial charge in [0.25, 0.3) is 0 Å². The van der Waals surface area contributed by atoms with Crippen molar-refractivity contribution in [3.05, 3.63) is 24.3 Å². The van der Waals surface area contributed by atoms with E-state index in [0.717, 1.165) is 19.6 Å². The number of hydrogen-bond acceptors (Lipinski definition) is 6. The number of carbonyl (C=O) groups is 1. The van der Waals surface area contributed by atoms with Crippen LogP contribution in [0.1, 0.15) is 6.92 Å². The fourth-order valence-corrected chi connectivity index (χ4v) is 4.56. The van der Waals surface area contributed by atoms with Crippen molar-refractivity contribution >= 4 is 34.0 Å². The minimum Gasteiger partial charge on any atom is -0.379 e. The number of nitrogens with zero attached hydrogens (tertiary/aromatic N) is 2. The van der Waals surface area contributed by atoms with Crippen molar-refractivity contribution in [3.63, 3.8) is 0 Å². The van der Waals surface area contributed by atoms with Crippen LogP contribution in [0.3, 0.4) is 0 Å². The van der Waals surface area contributed by atoms with Crippen molar-refractivity contribution in [1.82, 2.24) is 14.5 Å². The summed E-state index contributed by atoms with van der Waals surface area (Å²) >= 11 is 0.